The van der Waals surface area contributed by atoms with Gasteiger partial charge < -0.3 is 0 Å². The second-order valence-electron chi connectivity index (χ2n) is 3.42. The Morgan fingerprint density at radius 2 is 1.75 bits per heavy atom. The van der Waals surface area contributed by atoms with Gasteiger partial charge in [-0.25, -0.2) is 15.0 Å². The summed E-state index contributed by atoms with van der Waals surface area (Å²) in [7, 11) is 0. The molecule has 2 rings (SSSR count). The van der Waals surface area contributed by atoms with Gasteiger partial charge in [-0.05, 0) is 58.7 Å². The fraction of sp³-hybridized carbons (Fsp3) is 0.182. The summed E-state index contributed by atoms with van der Waals surface area (Å²) in [6, 6.07) is 2.01. The van der Waals surface area contributed by atoms with Crippen LogP contribution in [0.2, 0.25) is 0 Å². The topological polar surface area (TPSA) is 38.7 Å². The average molecular weight is 296 g/mol. The maximum absolute atomic E-state index is 4.29. The first-order valence-corrected chi connectivity index (χ1v) is 6.35. The van der Waals surface area contributed by atoms with E-state index in [0.717, 1.165) is 25.8 Å². The molecule has 0 spiro atoms. The Labute approximate surface area is 107 Å². The fourth-order valence-electron chi connectivity index (χ4n) is 1.10. The van der Waals surface area contributed by atoms with Gasteiger partial charge in [0, 0.05) is 23.1 Å². The Morgan fingerprint density at radius 3 is 2.38 bits per heavy atom. The highest BCUT2D eigenvalue weighted by atomic mass is 79.9. The molecule has 0 amide bonds. The SMILES string of the molecule is Cc1cnc(Sc2cc(C)c(Br)cn2)nc1. The van der Waals surface area contributed by atoms with E-state index in [1.165, 1.54) is 11.8 Å². The van der Waals surface area contributed by atoms with E-state index in [1.807, 2.05) is 19.9 Å². The second kappa shape index (κ2) is 4.93. The lowest BCUT2D eigenvalue weighted by molar-refractivity contribution is 0.943. The van der Waals surface area contributed by atoms with Gasteiger partial charge in [-0.3, -0.25) is 0 Å². The Morgan fingerprint density at radius 1 is 1.06 bits per heavy atom. The molecule has 0 N–H and O–H groups in total. The van der Waals surface area contributed by atoms with E-state index in [1.54, 1.807) is 18.6 Å². The molecule has 0 radical (unpaired) electrons. The molecule has 0 saturated heterocycles. The molecule has 82 valence electrons. The number of halogens is 1. The van der Waals surface area contributed by atoms with Crippen LogP contribution in [0.1, 0.15) is 11.1 Å². The molecular weight excluding hydrogens is 286 g/mol. The summed E-state index contributed by atoms with van der Waals surface area (Å²) in [4.78, 5) is 12.7. The van der Waals surface area contributed by atoms with E-state index in [4.69, 9.17) is 0 Å². The van der Waals surface area contributed by atoms with Gasteiger partial charge in [0.05, 0.1) is 0 Å². The molecule has 2 heterocycles. The van der Waals surface area contributed by atoms with Crippen LogP contribution in [0.15, 0.2) is 39.3 Å². The molecule has 0 atom stereocenters. The summed E-state index contributed by atoms with van der Waals surface area (Å²) in [6.07, 6.45) is 5.41. The minimum absolute atomic E-state index is 0.722. The zero-order valence-corrected chi connectivity index (χ0v) is 11.3. The molecule has 2 aromatic rings. The maximum atomic E-state index is 4.29. The smallest absolute Gasteiger partial charge is 0.193 e. The standard InChI is InChI=1S/C11H10BrN3S/c1-7-4-14-11(15-5-7)16-10-3-8(2)9(12)6-13-10/h3-6H,1-2H3. The van der Waals surface area contributed by atoms with Crippen LogP contribution < -0.4 is 0 Å². The summed E-state index contributed by atoms with van der Waals surface area (Å²) in [5.74, 6) is 0. The predicted octanol–water partition coefficient (Wildman–Crippen LogP) is 3.40. The first-order chi connectivity index (χ1) is 7.65. The normalized spacial score (nSPS) is 10.4. The Balaban J connectivity index is 2.20. The van der Waals surface area contributed by atoms with Crippen molar-refractivity contribution in [2.75, 3.05) is 0 Å². The zero-order chi connectivity index (χ0) is 11.5. The summed E-state index contributed by atoms with van der Waals surface area (Å²) >= 11 is 4.89. The molecule has 0 aliphatic heterocycles. The van der Waals surface area contributed by atoms with Crippen LogP contribution in [0.4, 0.5) is 0 Å². The summed E-state index contributed by atoms with van der Waals surface area (Å²) < 4.78 is 1.02. The first-order valence-electron chi connectivity index (χ1n) is 4.74. The van der Waals surface area contributed by atoms with Crippen molar-refractivity contribution in [2.24, 2.45) is 0 Å². The highest BCUT2D eigenvalue weighted by Crippen LogP contribution is 2.25. The molecule has 16 heavy (non-hydrogen) atoms. The van der Waals surface area contributed by atoms with E-state index >= 15 is 0 Å². The molecule has 0 saturated carbocycles. The number of rotatable bonds is 2. The third-order valence-electron chi connectivity index (χ3n) is 1.97. The van der Waals surface area contributed by atoms with Crippen molar-refractivity contribution in [3.05, 3.63) is 40.3 Å². The molecule has 0 aliphatic carbocycles. The Kier molecular flexibility index (Phi) is 3.56. The van der Waals surface area contributed by atoms with E-state index in [-0.39, 0.29) is 0 Å². The minimum atomic E-state index is 0.722. The van der Waals surface area contributed by atoms with Crippen molar-refractivity contribution < 1.29 is 0 Å². The van der Waals surface area contributed by atoms with Crippen LogP contribution in [0.5, 0.6) is 0 Å². The van der Waals surface area contributed by atoms with Gasteiger partial charge in [0.2, 0.25) is 0 Å². The number of aryl methyl sites for hydroxylation is 2. The predicted molar refractivity (Wildman–Crippen MR) is 67.6 cm³/mol. The van der Waals surface area contributed by atoms with E-state index in [2.05, 4.69) is 30.9 Å². The van der Waals surface area contributed by atoms with Crippen molar-refractivity contribution in [1.82, 2.24) is 15.0 Å². The Hall–Kier alpha value is -0.940. The first kappa shape index (κ1) is 11.5. The van der Waals surface area contributed by atoms with Crippen LogP contribution in [0.3, 0.4) is 0 Å². The monoisotopic (exact) mass is 295 g/mol. The van der Waals surface area contributed by atoms with Gasteiger partial charge in [0.15, 0.2) is 5.16 Å². The molecule has 3 nitrogen and oxygen atoms in total. The van der Waals surface area contributed by atoms with Crippen LogP contribution in [-0.2, 0) is 0 Å². The lowest BCUT2D eigenvalue weighted by Gasteiger charge is -2.02. The van der Waals surface area contributed by atoms with Gasteiger partial charge in [0.25, 0.3) is 0 Å². The highest BCUT2D eigenvalue weighted by Gasteiger charge is 2.03. The van der Waals surface area contributed by atoms with Gasteiger partial charge in [-0.15, -0.1) is 0 Å². The van der Waals surface area contributed by atoms with Crippen molar-refractivity contribution in [1.29, 1.82) is 0 Å². The lowest BCUT2D eigenvalue weighted by Crippen LogP contribution is -1.88. The van der Waals surface area contributed by atoms with Crippen LogP contribution in [-0.4, -0.2) is 15.0 Å². The van der Waals surface area contributed by atoms with E-state index in [9.17, 15) is 0 Å². The van der Waals surface area contributed by atoms with Crippen molar-refractivity contribution in [2.45, 2.75) is 24.0 Å². The fourth-order valence-corrected chi connectivity index (χ4v) is 2.05. The van der Waals surface area contributed by atoms with Crippen molar-refractivity contribution >= 4 is 27.7 Å². The Bertz CT molecular complexity index is 499. The second-order valence-corrected chi connectivity index (χ2v) is 5.26. The highest BCUT2D eigenvalue weighted by molar-refractivity contribution is 9.10. The molecule has 0 unspecified atom stereocenters. The lowest BCUT2D eigenvalue weighted by atomic mass is 10.3. The largest absolute Gasteiger partial charge is 0.248 e. The van der Waals surface area contributed by atoms with Crippen LogP contribution >= 0.6 is 27.7 Å². The average Bonchev–Trinajstić information content (AvgIpc) is 2.27. The number of pyridine rings is 1. The van der Waals surface area contributed by atoms with E-state index < -0.39 is 0 Å². The number of hydrogen-bond donors (Lipinski definition) is 0. The zero-order valence-electron chi connectivity index (χ0n) is 8.94. The van der Waals surface area contributed by atoms with Gasteiger partial charge in [-0.2, -0.15) is 0 Å². The number of hydrogen-bond acceptors (Lipinski definition) is 4. The summed E-state index contributed by atoms with van der Waals surface area (Å²) in [5.41, 5.74) is 2.22. The van der Waals surface area contributed by atoms with Gasteiger partial charge in [0.1, 0.15) is 5.03 Å². The van der Waals surface area contributed by atoms with Crippen molar-refractivity contribution in [3.8, 4) is 0 Å². The van der Waals surface area contributed by atoms with E-state index in [0.29, 0.717) is 0 Å². The number of nitrogens with zero attached hydrogens (tertiary/aromatic N) is 3. The quantitative estimate of drug-likeness (QED) is 0.796. The third-order valence-corrected chi connectivity index (χ3v) is 3.63. The molecule has 0 fully saturated rings. The molecule has 0 bridgehead atoms. The molecule has 5 heteroatoms. The van der Waals surface area contributed by atoms with Crippen LogP contribution in [0.25, 0.3) is 0 Å². The molecule has 0 aromatic carbocycles. The number of aromatic nitrogens is 3. The summed E-state index contributed by atoms with van der Waals surface area (Å²) in [5, 5.41) is 1.63. The van der Waals surface area contributed by atoms with Crippen molar-refractivity contribution in [3.63, 3.8) is 0 Å². The maximum Gasteiger partial charge on any atom is 0.193 e. The van der Waals surface area contributed by atoms with Crippen LogP contribution in [0, 0.1) is 13.8 Å². The van der Waals surface area contributed by atoms with Gasteiger partial charge in [-0.1, -0.05) is 0 Å². The molecule has 0 aliphatic rings. The van der Waals surface area contributed by atoms with Gasteiger partial charge >= 0.3 is 0 Å². The summed E-state index contributed by atoms with van der Waals surface area (Å²) in [6.45, 7) is 4.00. The molecule has 2 aromatic heterocycles. The molecular formula is C11H10BrN3S. The minimum Gasteiger partial charge on any atom is -0.248 e. The third kappa shape index (κ3) is 2.80.